The number of hydrogen-bond donors (Lipinski definition) is 2. The number of rotatable bonds is 10. The van der Waals surface area contributed by atoms with Gasteiger partial charge in [-0.3, -0.25) is 9.59 Å². The van der Waals surface area contributed by atoms with E-state index in [2.05, 4.69) is 15.8 Å². The standard InChI is InChI=1S/C26H26ClN3O4/c1-3-20-6-4-5-7-22(20)29-25(31)15-26(32)30-28-16-19-10-13-23(24(14-19)33-2)34-17-18-8-11-21(27)12-9-18/h4-14,16H,3,15,17H2,1-2H3,(H,29,31)(H,30,32). The van der Waals surface area contributed by atoms with Crippen molar-refractivity contribution in [3.63, 3.8) is 0 Å². The predicted octanol–water partition coefficient (Wildman–Crippen LogP) is 4.97. The van der Waals surface area contributed by atoms with Crippen molar-refractivity contribution in [2.24, 2.45) is 5.10 Å². The second-order valence-electron chi connectivity index (χ2n) is 7.35. The molecule has 0 aliphatic heterocycles. The van der Waals surface area contributed by atoms with Crippen LogP contribution < -0.4 is 20.2 Å². The quantitative estimate of drug-likeness (QED) is 0.244. The number of nitrogens with one attached hydrogen (secondary N) is 2. The molecule has 0 unspecified atom stereocenters. The SMILES string of the molecule is CCc1ccccc1NC(=O)CC(=O)NN=Cc1ccc(OCc2ccc(Cl)cc2)c(OC)c1. The highest BCUT2D eigenvalue weighted by molar-refractivity contribution is 6.30. The van der Waals surface area contributed by atoms with Crippen LogP contribution in [-0.2, 0) is 22.6 Å². The zero-order valence-electron chi connectivity index (χ0n) is 19.0. The van der Waals surface area contributed by atoms with Crippen molar-refractivity contribution in [2.45, 2.75) is 26.4 Å². The maximum absolute atomic E-state index is 12.2. The van der Waals surface area contributed by atoms with Crippen molar-refractivity contribution in [2.75, 3.05) is 12.4 Å². The van der Waals surface area contributed by atoms with Crippen molar-refractivity contribution >= 4 is 35.3 Å². The Kier molecular flexibility index (Phi) is 9.05. The number of methoxy groups -OCH3 is 1. The number of anilines is 1. The van der Waals surface area contributed by atoms with Gasteiger partial charge < -0.3 is 14.8 Å². The summed E-state index contributed by atoms with van der Waals surface area (Å²) in [7, 11) is 1.54. The lowest BCUT2D eigenvalue weighted by Gasteiger charge is -2.11. The van der Waals surface area contributed by atoms with E-state index in [-0.39, 0.29) is 6.42 Å². The molecule has 0 saturated carbocycles. The molecular formula is C26H26ClN3O4. The fourth-order valence-electron chi connectivity index (χ4n) is 3.13. The minimum atomic E-state index is -0.516. The van der Waals surface area contributed by atoms with Gasteiger partial charge in [-0.05, 0) is 59.5 Å². The van der Waals surface area contributed by atoms with Crippen molar-refractivity contribution in [3.05, 3.63) is 88.4 Å². The van der Waals surface area contributed by atoms with Crippen molar-refractivity contribution in [1.29, 1.82) is 0 Å². The molecule has 0 bridgehead atoms. The van der Waals surface area contributed by atoms with Crippen LogP contribution in [0.4, 0.5) is 5.69 Å². The predicted molar refractivity (Wildman–Crippen MR) is 134 cm³/mol. The summed E-state index contributed by atoms with van der Waals surface area (Å²) in [5, 5.41) is 7.35. The normalized spacial score (nSPS) is 10.7. The van der Waals surface area contributed by atoms with E-state index in [1.54, 1.807) is 37.4 Å². The summed E-state index contributed by atoms with van der Waals surface area (Å²) >= 11 is 5.90. The zero-order chi connectivity index (χ0) is 24.3. The lowest BCUT2D eigenvalue weighted by Crippen LogP contribution is -2.25. The van der Waals surface area contributed by atoms with Gasteiger partial charge in [0.25, 0.3) is 0 Å². The van der Waals surface area contributed by atoms with Gasteiger partial charge in [0, 0.05) is 10.7 Å². The number of benzene rings is 3. The third-order valence-corrected chi connectivity index (χ3v) is 5.14. The molecule has 8 heteroatoms. The summed E-state index contributed by atoms with van der Waals surface area (Å²) in [5.41, 5.74) is 5.74. The molecule has 0 atom stereocenters. The first-order valence-electron chi connectivity index (χ1n) is 10.7. The van der Waals surface area contributed by atoms with Crippen LogP contribution in [0.3, 0.4) is 0 Å². The van der Waals surface area contributed by atoms with E-state index in [1.165, 1.54) is 6.21 Å². The van der Waals surface area contributed by atoms with Gasteiger partial charge in [-0.25, -0.2) is 5.43 Å². The molecule has 3 rings (SSSR count). The number of hydrazone groups is 1. The Bertz CT molecular complexity index is 1160. The summed E-state index contributed by atoms with van der Waals surface area (Å²) in [6.45, 7) is 2.36. The Labute approximate surface area is 203 Å². The second-order valence-corrected chi connectivity index (χ2v) is 7.79. The fourth-order valence-corrected chi connectivity index (χ4v) is 3.26. The highest BCUT2D eigenvalue weighted by Gasteiger charge is 2.11. The number of amides is 2. The Morgan fingerprint density at radius 1 is 1.00 bits per heavy atom. The summed E-state index contributed by atoms with van der Waals surface area (Å²) in [5.74, 6) is 0.177. The van der Waals surface area contributed by atoms with E-state index in [0.29, 0.717) is 34.4 Å². The Morgan fingerprint density at radius 2 is 1.76 bits per heavy atom. The van der Waals surface area contributed by atoms with E-state index in [4.69, 9.17) is 21.1 Å². The first-order valence-corrected chi connectivity index (χ1v) is 11.1. The van der Waals surface area contributed by atoms with Gasteiger partial charge in [-0.15, -0.1) is 0 Å². The van der Waals surface area contributed by atoms with E-state index in [0.717, 1.165) is 17.5 Å². The third kappa shape index (κ3) is 7.35. The average Bonchev–Trinajstić information content (AvgIpc) is 2.84. The molecule has 0 fully saturated rings. The number of nitrogens with zero attached hydrogens (tertiary/aromatic N) is 1. The zero-order valence-corrected chi connectivity index (χ0v) is 19.8. The first-order chi connectivity index (χ1) is 16.5. The number of aryl methyl sites for hydroxylation is 1. The molecule has 34 heavy (non-hydrogen) atoms. The van der Waals surface area contributed by atoms with Gasteiger partial charge in [0.2, 0.25) is 11.8 Å². The van der Waals surface area contributed by atoms with Gasteiger partial charge in [-0.1, -0.05) is 48.9 Å². The average molecular weight is 480 g/mol. The minimum absolute atomic E-state index is 0.337. The summed E-state index contributed by atoms with van der Waals surface area (Å²) in [4.78, 5) is 24.2. The van der Waals surface area contributed by atoms with Crippen LogP contribution in [0.15, 0.2) is 71.8 Å². The van der Waals surface area contributed by atoms with Crippen LogP contribution in [0, 0.1) is 0 Å². The molecular weight excluding hydrogens is 454 g/mol. The van der Waals surface area contributed by atoms with Crippen LogP contribution in [0.5, 0.6) is 11.5 Å². The molecule has 176 valence electrons. The highest BCUT2D eigenvalue weighted by Crippen LogP contribution is 2.28. The van der Waals surface area contributed by atoms with Crippen molar-refractivity contribution in [1.82, 2.24) is 5.43 Å². The lowest BCUT2D eigenvalue weighted by molar-refractivity contribution is -0.126. The lowest BCUT2D eigenvalue weighted by atomic mass is 10.1. The molecule has 0 saturated heterocycles. The number of ether oxygens (including phenoxy) is 2. The van der Waals surface area contributed by atoms with Crippen LogP contribution in [0.2, 0.25) is 5.02 Å². The number of carbonyl (C=O) groups excluding carboxylic acids is 2. The monoisotopic (exact) mass is 479 g/mol. The van der Waals surface area contributed by atoms with Gasteiger partial charge in [0.15, 0.2) is 11.5 Å². The van der Waals surface area contributed by atoms with Crippen molar-refractivity contribution in [3.8, 4) is 11.5 Å². The maximum atomic E-state index is 12.2. The first kappa shape index (κ1) is 24.8. The fraction of sp³-hybridized carbons (Fsp3) is 0.192. The maximum Gasteiger partial charge on any atom is 0.249 e. The van der Waals surface area contributed by atoms with E-state index in [9.17, 15) is 9.59 Å². The van der Waals surface area contributed by atoms with Gasteiger partial charge in [0.05, 0.1) is 13.3 Å². The van der Waals surface area contributed by atoms with Crippen LogP contribution >= 0.6 is 11.6 Å². The van der Waals surface area contributed by atoms with Gasteiger partial charge in [0.1, 0.15) is 13.0 Å². The molecule has 3 aromatic carbocycles. The Balaban J connectivity index is 1.51. The van der Waals surface area contributed by atoms with Crippen molar-refractivity contribution < 1.29 is 19.1 Å². The van der Waals surface area contributed by atoms with E-state index in [1.807, 2.05) is 43.3 Å². The number of para-hydroxylation sites is 1. The van der Waals surface area contributed by atoms with Crippen LogP contribution in [-0.4, -0.2) is 25.1 Å². The van der Waals surface area contributed by atoms with Crippen LogP contribution in [0.25, 0.3) is 0 Å². The Morgan fingerprint density at radius 3 is 2.50 bits per heavy atom. The second kappa shape index (κ2) is 12.4. The minimum Gasteiger partial charge on any atom is -0.493 e. The molecule has 0 aliphatic carbocycles. The largest absolute Gasteiger partial charge is 0.493 e. The van der Waals surface area contributed by atoms with Gasteiger partial charge >= 0.3 is 0 Å². The van der Waals surface area contributed by atoms with Crippen LogP contribution in [0.1, 0.15) is 30.0 Å². The topological polar surface area (TPSA) is 89.0 Å². The molecule has 0 radical (unpaired) electrons. The smallest absolute Gasteiger partial charge is 0.249 e. The molecule has 0 heterocycles. The molecule has 2 N–H and O–H groups in total. The molecule has 0 spiro atoms. The van der Waals surface area contributed by atoms with E-state index >= 15 is 0 Å². The van der Waals surface area contributed by atoms with Gasteiger partial charge in [-0.2, -0.15) is 5.10 Å². The number of carbonyl (C=O) groups is 2. The summed E-state index contributed by atoms with van der Waals surface area (Å²) < 4.78 is 11.2. The third-order valence-electron chi connectivity index (χ3n) is 4.89. The Hall–Kier alpha value is -3.84. The molecule has 0 aromatic heterocycles. The molecule has 2 amide bonds. The number of halogens is 1. The molecule has 0 aliphatic rings. The molecule has 3 aromatic rings. The van der Waals surface area contributed by atoms with E-state index < -0.39 is 11.8 Å². The number of hydrogen-bond acceptors (Lipinski definition) is 5. The summed E-state index contributed by atoms with van der Waals surface area (Å²) in [6.07, 6.45) is 1.91. The summed E-state index contributed by atoms with van der Waals surface area (Å²) in [6, 6.07) is 20.2. The highest BCUT2D eigenvalue weighted by atomic mass is 35.5. The molecule has 7 nitrogen and oxygen atoms in total.